The Morgan fingerprint density at radius 1 is 1.45 bits per heavy atom. The van der Waals surface area contributed by atoms with Crippen molar-refractivity contribution in [2.45, 2.75) is 31.7 Å². The van der Waals surface area contributed by atoms with Crippen LogP contribution in [0.5, 0.6) is 0 Å². The van der Waals surface area contributed by atoms with Crippen molar-refractivity contribution >= 4 is 0 Å². The van der Waals surface area contributed by atoms with E-state index in [0.29, 0.717) is 5.54 Å². The SMILES string of the molecule is CCN1CCC[C@]12CCOC2. The van der Waals surface area contributed by atoms with Gasteiger partial charge in [-0.2, -0.15) is 0 Å². The van der Waals surface area contributed by atoms with Crippen molar-refractivity contribution in [1.82, 2.24) is 4.90 Å². The molecular formula is C9H17NO. The number of hydrogen-bond acceptors (Lipinski definition) is 2. The number of likely N-dealkylation sites (N-methyl/N-ethyl adjacent to an activating group) is 1. The van der Waals surface area contributed by atoms with Gasteiger partial charge < -0.3 is 4.74 Å². The second-order valence-corrected chi connectivity index (χ2v) is 3.71. The van der Waals surface area contributed by atoms with E-state index in [9.17, 15) is 0 Å². The minimum atomic E-state index is 0.467. The molecule has 0 bridgehead atoms. The molecule has 1 spiro atoms. The number of rotatable bonds is 1. The van der Waals surface area contributed by atoms with Crippen molar-refractivity contribution in [1.29, 1.82) is 0 Å². The van der Waals surface area contributed by atoms with Gasteiger partial charge in [-0.25, -0.2) is 0 Å². The third kappa shape index (κ3) is 1.09. The molecule has 2 fully saturated rings. The van der Waals surface area contributed by atoms with E-state index in [1.165, 1.54) is 32.4 Å². The van der Waals surface area contributed by atoms with Gasteiger partial charge in [-0.3, -0.25) is 4.90 Å². The zero-order valence-electron chi connectivity index (χ0n) is 7.31. The lowest BCUT2D eigenvalue weighted by molar-refractivity contribution is 0.106. The summed E-state index contributed by atoms with van der Waals surface area (Å²) >= 11 is 0. The van der Waals surface area contributed by atoms with Gasteiger partial charge in [-0.1, -0.05) is 6.92 Å². The Labute approximate surface area is 68.5 Å². The molecule has 0 amide bonds. The van der Waals surface area contributed by atoms with E-state index in [2.05, 4.69) is 11.8 Å². The first-order valence-corrected chi connectivity index (χ1v) is 4.70. The lowest BCUT2D eigenvalue weighted by Gasteiger charge is -2.32. The predicted molar refractivity (Wildman–Crippen MR) is 44.6 cm³/mol. The molecule has 2 nitrogen and oxygen atoms in total. The fourth-order valence-corrected chi connectivity index (χ4v) is 2.53. The van der Waals surface area contributed by atoms with Gasteiger partial charge in [0, 0.05) is 12.1 Å². The minimum absolute atomic E-state index is 0.467. The molecule has 2 rings (SSSR count). The monoisotopic (exact) mass is 155 g/mol. The van der Waals surface area contributed by atoms with Crippen molar-refractivity contribution in [2.75, 3.05) is 26.3 Å². The normalized spacial score (nSPS) is 39.0. The third-order valence-electron chi connectivity index (χ3n) is 3.21. The van der Waals surface area contributed by atoms with Crippen LogP contribution in [0.2, 0.25) is 0 Å². The third-order valence-corrected chi connectivity index (χ3v) is 3.21. The molecule has 0 aliphatic carbocycles. The first-order valence-electron chi connectivity index (χ1n) is 4.70. The molecule has 0 unspecified atom stereocenters. The number of nitrogens with zero attached hydrogens (tertiary/aromatic N) is 1. The van der Waals surface area contributed by atoms with Crippen LogP contribution >= 0.6 is 0 Å². The van der Waals surface area contributed by atoms with Crippen LogP contribution < -0.4 is 0 Å². The van der Waals surface area contributed by atoms with E-state index in [-0.39, 0.29) is 0 Å². The number of ether oxygens (including phenoxy) is 1. The van der Waals surface area contributed by atoms with E-state index >= 15 is 0 Å². The van der Waals surface area contributed by atoms with Gasteiger partial charge >= 0.3 is 0 Å². The fourth-order valence-electron chi connectivity index (χ4n) is 2.53. The van der Waals surface area contributed by atoms with Crippen molar-refractivity contribution in [3.8, 4) is 0 Å². The molecule has 0 N–H and O–H groups in total. The molecule has 0 saturated carbocycles. The highest BCUT2D eigenvalue weighted by Crippen LogP contribution is 2.35. The van der Waals surface area contributed by atoms with E-state index in [0.717, 1.165) is 13.2 Å². The van der Waals surface area contributed by atoms with Gasteiger partial charge in [0.05, 0.1) is 6.61 Å². The molecule has 0 aromatic heterocycles. The van der Waals surface area contributed by atoms with Gasteiger partial charge in [0.15, 0.2) is 0 Å². The minimum Gasteiger partial charge on any atom is -0.379 e. The van der Waals surface area contributed by atoms with Gasteiger partial charge in [-0.15, -0.1) is 0 Å². The van der Waals surface area contributed by atoms with Gasteiger partial charge in [0.2, 0.25) is 0 Å². The largest absolute Gasteiger partial charge is 0.379 e. The quantitative estimate of drug-likeness (QED) is 0.565. The maximum absolute atomic E-state index is 5.47. The van der Waals surface area contributed by atoms with E-state index < -0.39 is 0 Å². The van der Waals surface area contributed by atoms with E-state index in [1.807, 2.05) is 0 Å². The van der Waals surface area contributed by atoms with Crippen LogP contribution in [0.15, 0.2) is 0 Å². The molecule has 0 radical (unpaired) electrons. The van der Waals surface area contributed by atoms with E-state index in [4.69, 9.17) is 4.74 Å². The average molecular weight is 155 g/mol. The first-order chi connectivity index (χ1) is 5.37. The van der Waals surface area contributed by atoms with Gasteiger partial charge in [0.1, 0.15) is 0 Å². The van der Waals surface area contributed by atoms with Crippen molar-refractivity contribution in [2.24, 2.45) is 0 Å². The highest BCUT2D eigenvalue weighted by Gasteiger charge is 2.42. The fraction of sp³-hybridized carbons (Fsp3) is 1.00. The summed E-state index contributed by atoms with van der Waals surface area (Å²) in [7, 11) is 0. The second-order valence-electron chi connectivity index (χ2n) is 3.71. The molecule has 2 aliphatic rings. The van der Waals surface area contributed by atoms with Crippen LogP contribution in [0.3, 0.4) is 0 Å². The summed E-state index contributed by atoms with van der Waals surface area (Å²) in [6.45, 7) is 6.71. The van der Waals surface area contributed by atoms with Crippen LogP contribution in [0.1, 0.15) is 26.2 Å². The molecule has 2 aliphatic heterocycles. The van der Waals surface area contributed by atoms with Crippen molar-refractivity contribution < 1.29 is 4.74 Å². The molecular weight excluding hydrogens is 138 g/mol. The lowest BCUT2D eigenvalue weighted by atomic mass is 9.95. The van der Waals surface area contributed by atoms with Crippen LogP contribution in [0.25, 0.3) is 0 Å². The smallest absolute Gasteiger partial charge is 0.0651 e. The standard InChI is InChI=1S/C9H17NO/c1-2-10-6-3-4-9(10)5-7-11-8-9/h2-8H2,1H3/t9-/m1/s1. The molecule has 0 aromatic carbocycles. The summed E-state index contributed by atoms with van der Waals surface area (Å²) in [6, 6.07) is 0. The Morgan fingerprint density at radius 2 is 2.36 bits per heavy atom. The Morgan fingerprint density at radius 3 is 3.00 bits per heavy atom. The van der Waals surface area contributed by atoms with Crippen LogP contribution in [0, 0.1) is 0 Å². The molecule has 2 heterocycles. The second kappa shape index (κ2) is 2.76. The molecule has 64 valence electrons. The number of likely N-dealkylation sites (tertiary alicyclic amines) is 1. The Bertz CT molecular complexity index is 135. The molecule has 1 atom stereocenters. The van der Waals surface area contributed by atoms with Crippen molar-refractivity contribution in [3.63, 3.8) is 0 Å². The highest BCUT2D eigenvalue weighted by atomic mass is 16.5. The molecule has 2 saturated heterocycles. The molecule has 11 heavy (non-hydrogen) atoms. The summed E-state index contributed by atoms with van der Waals surface area (Å²) in [5.41, 5.74) is 0.467. The van der Waals surface area contributed by atoms with Crippen LogP contribution in [-0.2, 0) is 4.74 Å². The Kier molecular flexibility index (Phi) is 1.90. The Hall–Kier alpha value is -0.0800. The molecule has 2 heteroatoms. The maximum atomic E-state index is 5.47. The maximum Gasteiger partial charge on any atom is 0.0651 e. The van der Waals surface area contributed by atoms with Crippen LogP contribution in [-0.4, -0.2) is 36.7 Å². The first kappa shape index (κ1) is 7.56. The van der Waals surface area contributed by atoms with E-state index in [1.54, 1.807) is 0 Å². The van der Waals surface area contributed by atoms with Crippen LogP contribution in [0.4, 0.5) is 0 Å². The predicted octanol–water partition coefficient (Wildman–Crippen LogP) is 1.26. The summed E-state index contributed by atoms with van der Waals surface area (Å²) in [5.74, 6) is 0. The van der Waals surface area contributed by atoms with Crippen molar-refractivity contribution in [3.05, 3.63) is 0 Å². The summed E-state index contributed by atoms with van der Waals surface area (Å²) in [5, 5.41) is 0. The summed E-state index contributed by atoms with van der Waals surface area (Å²) < 4.78 is 5.47. The molecule has 0 aromatic rings. The average Bonchev–Trinajstić information content (AvgIpc) is 2.62. The van der Waals surface area contributed by atoms with Gasteiger partial charge in [0.25, 0.3) is 0 Å². The van der Waals surface area contributed by atoms with Gasteiger partial charge in [-0.05, 0) is 32.4 Å². The lowest BCUT2D eigenvalue weighted by Crippen LogP contribution is -2.44. The number of hydrogen-bond donors (Lipinski definition) is 0. The Balaban J connectivity index is 2.09. The zero-order chi connectivity index (χ0) is 7.73. The summed E-state index contributed by atoms with van der Waals surface area (Å²) in [6.07, 6.45) is 4.00. The zero-order valence-corrected chi connectivity index (χ0v) is 7.31. The summed E-state index contributed by atoms with van der Waals surface area (Å²) in [4.78, 5) is 2.60. The topological polar surface area (TPSA) is 12.5 Å². The highest BCUT2D eigenvalue weighted by molar-refractivity contribution is 4.97.